The molecule has 0 aliphatic carbocycles. The zero-order valence-corrected chi connectivity index (χ0v) is 12.2. The molecule has 3 nitrogen and oxygen atoms in total. The Labute approximate surface area is 110 Å². The van der Waals surface area contributed by atoms with Crippen molar-refractivity contribution in [1.29, 1.82) is 0 Å². The highest BCUT2D eigenvalue weighted by Crippen LogP contribution is 2.33. The summed E-state index contributed by atoms with van der Waals surface area (Å²) in [6.07, 6.45) is 0. The molecular weight excluding hydrogens is 337 g/mol. The van der Waals surface area contributed by atoms with Crippen LogP contribution in [-0.4, -0.2) is 29.2 Å². The van der Waals surface area contributed by atoms with Gasteiger partial charge in [0.2, 0.25) is 10.0 Å². The summed E-state index contributed by atoms with van der Waals surface area (Å²) in [5, 5.41) is 0. The standard InChI is InChI=1S/C11H14INO2S/c1-8-3-5-10(6-4-8)16(14,15)13-7-11(13)9(2)12/h3-6,9,11H,7H2,1-2H3/t9-,11+,13?/m1/s1. The van der Waals surface area contributed by atoms with E-state index in [9.17, 15) is 8.42 Å². The molecule has 0 aromatic heterocycles. The number of sulfonamides is 1. The van der Waals surface area contributed by atoms with E-state index in [2.05, 4.69) is 22.6 Å². The van der Waals surface area contributed by atoms with Gasteiger partial charge in [-0.1, -0.05) is 47.2 Å². The molecule has 0 radical (unpaired) electrons. The molecule has 16 heavy (non-hydrogen) atoms. The Kier molecular flexibility index (Phi) is 3.29. The van der Waals surface area contributed by atoms with Crippen LogP contribution in [0.15, 0.2) is 29.2 Å². The van der Waals surface area contributed by atoms with Gasteiger partial charge in [0.25, 0.3) is 0 Å². The van der Waals surface area contributed by atoms with Crippen molar-refractivity contribution in [3.05, 3.63) is 29.8 Å². The smallest absolute Gasteiger partial charge is 0.207 e. The summed E-state index contributed by atoms with van der Waals surface area (Å²) < 4.78 is 26.2. The van der Waals surface area contributed by atoms with E-state index in [-0.39, 0.29) is 6.04 Å². The first kappa shape index (κ1) is 12.3. The number of hydrogen-bond donors (Lipinski definition) is 0. The minimum atomic E-state index is -3.25. The Morgan fingerprint density at radius 3 is 2.38 bits per heavy atom. The molecule has 0 spiro atoms. The van der Waals surface area contributed by atoms with Crippen LogP contribution in [0.3, 0.4) is 0 Å². The molecule has 0 N–H and O–H groups in total. The zero-order chi connectivity index (χ0) is 11.9. The summed E-state index contributed by atoms with van der Waals surface area (Å²) in [5.41, 5.74) is 1.07. The van der Waals surface area contributed by atoms with Crippen molar-refractivity contribution in [2.45, 2.75) is 28.7 Å². The molecule has 1 aliphatic heterocycles. The average molecular weight is 351 g/mol. The minimum absolute atomic E-state index is 0.173. The van der Waals surface area contributed by atoms with E-state index in [1.807, 2.05) is 26.0 Å². The molecule has 1 aromatic carbocycles. The summed E-state index contributed by atoms with van der Waals surface area (Å²) in [6, 6.07) is 7.19. The van der Waals surface area contributed by atoms with Crippen LogP contribution in [0.5, 0.6) is 0 Å². The normalized spacial score (nSPS) is 26.4. The van der Waals surface area contributed by atoms with E-state index in [0.29, 0.717) is 15.4 Å². The first-order valence-corrected chi connectivity index (χ1v) is 7.84. The van der Waals surface area contributed by atoms with Gasteiger partial charge in [-0.25, -0.2) is 8.42 Å². The first-order valence-electron chi connectivity index (χ1n) is 5.15. The maximum atomic E-state index is 12.1. The van der Waals surface area contributed by atoms with Crippen LogP contribution in [0.2, 0.25) is 0 Å². The van der Waals surface area contributed by atoms with E-state index >= 15 is 0 Å². The number of rotatable bonds is 3. The lowest BCUT2D eigenvalue weighted by molar-refractivity contribution is 0.552. The fourth-order valence-corrected chi connectivity index (χ4v) is 4.11. The molecule has 0 bridgehead atoms. The minimum Gasteiger partial charge on any atom is -0.207 e. The lowest BCUT2D eigenvalue weighted by Crippen LogP contribution is -2.17. The number of hydrogen-bond acceptors (Lipinski definition) is 2. The molecule has 88 valence electrons. The van der Waals surface area contributed by atoms with Crippen molar-refractivity contribution >= 4 is 32.6 Å². The average Bonchev–Trinajstić information content (AvgIpc) is 2.98. The van der Waals surface area contributed by atoms with E-state index in [0.717, 1.165) is 5.56 Å². The van der Waals surface area contributed by atoms with Crippen molar-refractivity contribution < 1.29 is 8.42 Å². The number of halogens is 1. The summed E-state index contributed by atoms with van der Waals surface area (Å²) in [6.45, 7) is 4.64. The quantitative estimate of drug-likeness (QED) is 0.476. The summed E-state index contributed by atoms with van der Waals surface area (Å²) in [4.78, 5) is 0.401. The first-order chi connectivity index (χ1) is 7.43. The van der Waals surface area contributed by atoms with Gasteiger partial charge in [0, 0.05) is 10.5 Å². The highest BCUT2D eigenvalue weighted by atomic mass is 127. The Morgan fingerprint density at radius 1 is 1.38 bits per heavy atom. The molecule has 1 aromatic rings. The molecule has 1 saturated heterocycles. The molecular formula is C11H14INO2S. The van der Waals surface area contributed by atoms with Crippen molar-refractivity contribution in [3.8, 4) is 0 Å². The molecule has 1 fully saturated rings. The fourth-order valence-electron chi connectivity index (χ4n) is 1.63. The number of alkyl halides is 1. The molecule has 0 amide bonds. The van der Waals surface area contributed by atoms with Gasteiger partial charge in [0.15, 0.2) is 0 Å². The summed E-state index contributed by atoms with van der Waals surface area (Å²) in [7, 11) is -3.25. The maximum Gasteiger partial charge on any atom is 0.243 e. The Balaban J connectivity index is 2.24. The largest absolute Gasteiger partial charge is 0.243 e. The summed E-state index contributed by atoms with van der Waals surface area (Å²) >= 11 is 2.27. The van der Waals surface area contributed by atoms with Crippen LogP contribution in [0.4, 0.5) is 0 Å². The lowest BCUT2D eigenvalue weighted by atomic mass is 10.2. The second kappa shape index (κ2) is 4.27. The molecule has 0 saturated carbocycles. The fraction of sp³-hybridized carbons (Fsp3) is 0.455. The van der Waals surface area contributed by atoms with Crippen molar-refractivity contribution in [2.75, 3.05) is 6.54 Å². The van der Waals surface area contributed by atoms with Gasteiger partial charge in [0.1, 0.15) is 0 Å². The van der Waals surface area contributed by atoms with Crippen LogP contribution >= 0.6 is 22.6 Å². The Hall–Kier alpha value is -0.140. The van der Waals surface area contributed by atoms with E-state index in [1.54, 1.807) is 16.4 Å². The van der Waals surface area contributed by atoms with Crippen LogP contribution in [-0.2, 0) is 10.0 Å². The van der Waals surface area contributed by atoms with Gasteiger partial charge in [-0.2, -0.15) is 4.31 Å². The van der Waals surface area contributed by atoms with Gasteiger partial charge in [0.05, 0.1) is 10.9 Å². The monoisotopic (exact) mass is 351 g/mol. The number of nitrogens with zero attached hydrogens (tertiary/aromatic N) is 1. The Morgan fingerprint density at radius 2 is 1.94 bits per heavy atom. The predicted molar refractivity (Wildman–Crippen MR) is 72.3 cm³/mol. The van der Waals surface area contributed by atoms with Crippen LogP contribution < -0.4 is 0 Å². The Bertz CT molecular complexity index is 481. The zero-order valence-electron chi connectivity index (χ0n) is 9.22. The van der Waals surface area contributed by atoms with Gasteiger partial charge >= 0.3 is 0 Å². The van der Waals surface area contributed by atoms with Crippen LogP contribution in [0.25, 0.3) is 0 Å². The molecule has 1 unspecified atom stereocenters. The van der Waals surface area contributed by atoms with E-state index < -0.39 is 10.0 Å². The number of benzene rings is 1. The van der Waals surface area contributed by atoms with Gasteiger partial charge in [-0.15, -0.1) is 0 Å². The SMILES string of the molecule is Cc1ccc(S(=O)(=O)N2C[C@H]2[C@@H](C)I)cc1. The van der Waals surface area contributed by atoms with Gasteiger partial charge in [-0.3, -0.25) is 0 Å². The molecule has 3 atom stereocenters. The second-order valence-corrected chi connectivity index (χ2v) is 7.99. The van der Waals surface area contributed by atoms with E-state index in [4.69, 9.17) is 0 Å². The van der Waals surface area contributed by atoms with Crippen LogP contribution in [0.1, 0.15) is 12.5 Å². The second-order valence-electron chi connectivity index (χ2n) is 4.13. The molecule has 2 rings (SSSR count). The molecule has 1 heterocycles. The summed E-state index contributed by atoms with van der Waals surface area (Å²) in [5.74, 6) is 0. The third kappa shape index (κ3) is 2.26. The van der Waals surface area contributed by atoms with Crippen molar-refractivity contribution in [1.82, 2.24) is 4.31 Å². The molecule has 5 heteroatoms. The highest BCUT2D eigenvalue weighted by molar-refractivity contribution is 14.1. The molecule has 1 aliphatic rings. The predicted octanol–water partition coefficient (Wildman–Crippen LogP) is 2.19. The van der Waals surface area contributed by atoms with E-state index in [1.165, 1.54) is 0 Å². The van der Waals surface area contributed by atoms with Crippen molar-refractivity contribution in [2.24, 2.45) is 0 Å². The van der Waals surface area contributed by atoms with Crippen molar-refractivity contribution in [3.63, 3.8) is 0 Å². The number of aryl methyl sites for hydroxylation is 1. The highest BCUT2D eigenvalue weighted by Gasteiger charge is 2.46. The third-order valence-electron chi connectivity index (χ3n) is 2.76. The van der Waals surface area contributed by atoms with Gasteiger partial charge in [-0.05, 0) is 19.1 Å². The van der Waals surface area contributed by atoms with Gasteiger partial charge < -0.3 is 0 Å². The van der Waals surface area contributed by atoms with Crippen LogP contribution in [0, 0.1) is 6.92 Å². The maximum absolute atomic E-state index is 12.1. The lowest BCUT2D eigenvalue weighted by Gasteiger charge is -2.07. The topological polar surface area (TPSA) is 37.1 Å². The third-order valence-corrected chi connectivity index (χ3v) is 5.50.